The van der Waals surface area contributed by atoms with Crippen molar-refractivity contribution in [1.29, 1.82) is 0 Å². The Morgan fingerprint density at radius 3 is 2.35 bits per heavy atom. The van der Waals surface area contributed by atoms with Crippen molar-refractivity contribution in [3.63, 3.8) is 0 Å². The lowest BCUT2D eigenvalue weighted by atomic mass is 10.0. The second kappa shape index (κ2) is 5.28. The predicted octanol–water partition coefficient (Wildman–Crippen LogP) is 4.75. The zero-order chi connectivity index (χ0) is 12.3. The van der Waals surface area contributed by atoms with Gasteiger partial charge in [0, 0.05) is 4.88 Å². The first kappa shape index (κ1) is 12.1. The van der Waals surface area contributed by atoms with Crippen LogP contribution in [0.4, 0.5) is 0 Å². The average Bonchev–Trinajstić information content (AvgIpc) is 2.73. The molecule has 0 saturated carbocycles. The highest BCUT2D eigenvalue weighted by molar-refractivity contribution is 7.10. The van der Waals surface area contributed by atoms with Gasteiger partial charge in [-0.3, -0.25) is 0 Å². The van der Waals surface area contributed by atoms with Gasteiger partial charge in [-0.2, -0.15) is 0 Å². The van der Waals surface area contributed by atoms with E-state index >= 15 is 0 Å². The molecule has 0 atom stereocenters. The molecule has 0 aliphatic rings. The molecular weight excluding hydrogens is 226 g/mol. The van der Waals surface area contributed by atoms with Crippen LogP contribution in [-0.4, -0.2) is 4.98 Å². The Morgan fingerprint density at radius 1 is 1.12 bits per heavy atom. The lowest BCUT2D eigenvalue weighted by Gasteiger charge is -2.04. The van der Waals surface area contributed by atoms with Gasteiger partial charge in [0.05, 0.1) is 11.2 Å². The molecule has 17 heavy (non-hydrogen) atoms. The van der Waals surface area contributed by atoms with Gasteiger partial charge in [0.15, 0.2) is 0 Å². The van der Waals surface area contributed by atoms with E-state index in [1.54, 1.807) is 11.3 Å². The number of aromatic nitrogens is 1. The van der Waals surface area contributed by atoms with Crippen molar-refractivity contribution < 1.29 is 0 Å². The van der Waals surface area contributed by atoms with E-state index in [1.807, 2.05) is 12.4 Å². The normalized spacial score (nSPS) is 11.5. The van der Waals surface area contributed by atoms with Gasteiger partial charge in [-0.1, -0.05) is 44.2 Å². The van der Waals surface area contributed by atoms with E-state index in [1.165, 1.54) is 16.0 Å². The largest absolute Gasteiger partial charge is 0.249 e. The molecule has 2 rings (SSSR count). The summed E-state index contributed by atoms with van der Waals surface area (Å²) < 4.78 is 0. The van der Waals surface area contributed by atoms with Gasteiger partial charge in [-0.05, 0) is 30.0 Å². The topological polar surface area (TPSA) is 12.9 Å². The summed E-state index contributed by atoms with van der Waals surface area (Å²) in [6.45, 7) is 6.47. The monoisotopic (exact) mass is 243 g/mol. The number of aryl methyl sites for hydroxylation is 1. The third kappa shape index (κ3) is 3.04. The fourth-order valence-electron chi connectivity index (χ4n) is 1.63. The highest BCUT2D eigenvalue weighted by Crippen LogP contribution is 2.18. The zero-order valence-corrected chi connectivity index (χ0v) is 11.3. The quantitative estimate of drug-likeness (QED) is 0.758. The summed E-state index contributed by atoms with van der Waals surface area (Å²) in [6.07, 6.45) is 4.28. The Balaban J connectivity index is 2.14. The van der Waals surface area contributed by atoms with Gasteiger partial charge >= 0.3 is 0 Å². The van der Waals surface area contributed by atoms with Crippen LogP contribution in [0.25, 0.3) is 12.2 Å². The number of rotatable bonds is 3. The molecule has 0 bridgehead atoms. The fraction of sp³-hybridized carbons (Fsp3) is 0.267. The molecule has 0 saturated heterocycles. The number of thiazole rings is 1. The lowest BCUT2D eigenvalue weighted by molar-refractivity contribution is 0.866. The summed E-state index contributed by atoms with van der Waals surface area (Å²) in [5.41, 5.74) is 5.61. The SMILES string of the molecule is Cc1ncsc1/C=C/c1ccc(C(C)C)cc1. The minimum atomic E-state index is 0.594. The van der Waals surface area contributed by atoms with E-state index in [0.29, 0.717) is 5.92 Å². The molecular formula is C15H17NS. The van der Waals surface area contributed by atoms with Gasteiger partial charge in [0.25, 0.3) is 0 Å². The molecule has 1 aromatic carbocycles. The fourth-order valence-corrected chi connectivity index (χ4v) is 2.33. The molecule has 0 aliphatic carbocycles. The van der Waals surface area contributed by atoms with Crippen molar-refractivity contribution in [2.24, 2.45) is 0 Å². The van der Waals surface area contributed by atoms with E-state index in [-0.39, 0.29) is 0 Å². The van der Waals surface area contributed by atoms with Gasteiger partial charge in [0.1, 0.15) is 0 Å². The first-order chi connectivity index (χ1) is 8.16. The Morgan fingerprint density at radius 2 is 1.82 bits per heavy atom. The molecule has 1 heterocycles. The average molecular weight is 243 g/mol. The Kier molecular flexibility index (Phi) is 3.75. The Labute approximate surface area is 107 Å². The first-order valence-electron chi connectivity index (χ1n) is 5.85. The van der Waals surface area contributed by atoms with Crippen LogP contribution >= 0.6 is 11.3 Å². The van der Waals surface area contributed by atoms with Crippen molar-refractivity contribution in [2.45, 2.75) is 26.7 Å². The predicted molar refractivity (Wildman–Crippen MR) is 76.3 cm³/mol. The van der Waals surface area contributed by atoms with Crippen LogP contribution in [0.2, 0.25) is 0 Å². The van der Waals surface area contributed by atoms with Crippen molar-refractivity contribution >= 4 is 23.5 Å². The standard InChI is InChI=1S/C15H17NS/c1-11(2)14-7-4-13(5-8-14)6-9-15-12(3)16-10-17-15/h4-11H,1-3H3/b9-6+. The number of hydrogen-bond donors (Lipinski definition) is 0. The molecule has 0 aliphatic heterocycles. The van der Waals surface area contributed by atoms with Gasteiger partial charge in [-0.15, -0.1) is 11.3 Å². The molecule has 2 aromatic rings. The van der Waals surface area contributed by atoms with Crippen LogP contribution in [0.15, 0.2) is 29.8 Å². The summed E-state index contributed by atoms with van der Waals surface area (Å²) in [4.78, 5) is 5.47. The van der Waals surface area contributed by atoms with Crippen LogP contribution in [0.5, 0.6) is 0 Å². The third-order valence-corrected chi connectivity index (χ3v) is 3.71. The van der Waals surface area contributed by atoms with Gasteiger partial charge in [0.2, 0.25) is 0 Å². The van der Waals surface area contributed by atoms with Crippen LogP contribution < -0.4 is 0 Å². The van der Waals surface area contributed by atoms with Crippen molar-refractivity contribution in [3.05, 3.63) is 51.5 Å². The highest BCUT2D eigenvalue weighted by atomic mass is 32.1. The lowest BCUT2D eigenvalue weighted by Crippen LogP contribution is -1.85. The van der Waals surface area contributed by atoms with Crippen LogP contribution in [0.3, 0.4) is 0 Å². The van der Waals surface area contributed by atoms with Gasteiger partial charge in [-0.25, -0.2) is 4.98 Å². The summed E-state index contributed by atoms with van der Waals surface area (Å²) >= 11 is 1.68. The van der Waals surface area contributed by atoms with Crippen molar-refractivity contribution in [3.8, 4) is 0 Å². The maximum Gasteiger partial charge on any atom is 0.0801 e. The third-order valence-electron chi connectivity index (χ3n) is 2.81. The number of hydrogen-bond acceptors (Lipinski definition) is 2. The minimum Gasteiger partial charge on any atom is -0.249 e. The Hall–Kier alpha value is -1.41. The molecule has 2 heteroatoms. The summed E-state index contributed by atoms with van der Waals surface area (Å²) in [5.74, 6) is 0.594. The van der Waals surface area contributed by atoms with E-state index in [9.17, 15) is 0 Å². The zero-order valence-electron chi connectivity index (χ0n) is 10.5. The minimum absolute atomic E-state index is 0.594. The summed E-state index contributed by atoms with van der Waals surface area (Å²) in [7, 11) is 0. The maximum absolute atomic E-state index is 4.23. The van der Waals surface area contributed by atoms with Crippen molar-refractivity contribution in [1.82, 2.24) is 4.98 Å². The van der Waals surface area contributed by atoms with E-state index in [2.05, 4.69) is 55.2 Å². The van der Waals surface area contributed by atoms with E-state index < -0.39 is 0 Å². The molecule has 0 radical (unpaired) electrons. The maximum atomic E-state index is 4.23. The molecule has 88 valence electrons. The molecule has 1 nitrogen and oxygen atoms in total. The number of benzene rings is 1. The first-order valence-corrected chi connectivity index (χ1v) is 6.73. The second-order valence-corrected chi connectivity index (χ2v) is 5.34. The number of nitrogens with zero attached hydrogens (tertiary/aromatic N) is 1. The van der Waals surface area contributed by atoms with Crippen molar-refractivity contribution in [2.75, 3.05) is 0 Å². The van der Waals surface area contributed by atoms with Gasteiger partial charge < -0.3 is 0 Å². The second-order valence-electron chi connectivity index (χ2n) is 4.46. The molecule has 0 amide bonds. The van der Waals surface area contributed by atoms with E-state index in [0.717, 1.165) is 5.69 Å². The Bertz CT molecular complexity index is 506. The molecule has 1 aromatic heterocycles. The summed E-state index contributed by atoms with van der Waals surface area (Å²) in [6, 6.07) is 8.73. The van der Waals surface area contributed by atoms with Crippen LogP contribution in [0.1, 0.15) is 41.5 Å². The van der Waals surface area contributed by atoms with Crippen LogP contribution in [-0.2, 0) is 0 Å². The van der Waals surface area contributed by atoms with E-state index in [4.69, 9.17) is 0 Å². The molecule has 0 N–H and O–H groups in total. The molecule has 0 unspecified atom stereocenters. The smallest absolute Gasteiger partial charge is 0.0801 e. The summed E-state index contributed by atoms with van der Waals surface area (Å²) in [5, 5.41) is 0. The molecule has 0 spiro atoms. The highest BCUT2D eigenvalue weighted by Gasteiger charge is 1.98. The van der Waals surface area contributed by atoms with Crippen LogP contribution in [0, 0.1) is 6.92 Å². The molecule has 0 fully saturated rings.